The number of hydrogen-bond acceptors (Lipinski definition) is 5. The highest BCUT2D eigenvalue weighted by Crippen LogP contribution is 2.35. The molecule has 1 aliphatic carbocycles. The third-order valence-electron chi connectivity index (χ3n) is 5.73. The molecule has 31 heavy (non-hydrogen) atoms. The molecule has 0 fully saturated rings. The Bertz CT molecular complexity index is 1150. The summed E-state index contributed by atoms with van der Waals surface area (Å²) < 4.78 is 42.2. The van der Waals surface area contributed by atoms with E-state index in [1.165, 1.54) is 29.5 Å². The zero-order chi connectivity index (χ0) is 21.6. The second-order valence-corrected chi connectivity index (χ2v) is 7.85. The van der Waals surface area contributed by atoms with Gasteiger partial charge in [0.1, 0.15) is 5.69 Å². The average Bonchev–Trinajstić information content (AvgIpc) is 3.47. The molecule has 0 amide bonds. The number of hydrazine groups is 2. The number of aromatic nitrogens is 3. The highest BCUT2D eigenvalue weighted by atomic mass is 19.4. The van der Waals surface area contributed by atoms with Crippen molar-refractivity contribution in [1.82, 2.24) is 30.5 Å². The fourth-order valence-corrected chi connectivity index (χ4v) is 4.30. The summed E-state index contributed by atoms with van der Waals surface area (Å²) in [5, 5.41) is 1.17. The molecule has 160 valence electrons. The van der Waals surface area contributed by atoms with Gasteiger partial charge in [-0.25, -0.2) is 4.98 Å². The number of nitrogens with zero attached hydrogens (tertiary/aromatic N) is 4. The first-order valence-electron chi connectivity index (χ1n) is 10.0. The minimum atomic E-state index is -4.50. The van der Waals surface area contributed by atoms with Crippen LogP contribution < -0.4 is 10.9 Å². The Balaban J connectivity index is 1.40. The molecule has 1 aliphatic heterocycles. The summed E-state index contributed by atoms with van der Waals surface area (Å²) in [7, 11) is 1.48. The van der Waals surface area contributed by atoms with E-state index in [4.69, 9.17) is 0 Å². The number of aryl methyl sites for hydroxylation is 1. The van der Waals surface area contributed by atoms with Gasteiger partial charge in [-0.05, 0) is 36.1 Å². The molecule has 9 heteroatoms. The number of halogens is 3. The predicted molar refractivity (Wildman–Crippen MR) is 110 cm³/mol. The minimum Gasteiger partial charge on any atom is -0.336 e. The van der Waals surface area contributed by atoms with Crippen LogP contribution in [-0.2, 0) is 13.0 Å². The summed E-state index contributed by atoms with van der Waals surface area (Å²) in [6.07, 6.45) is 2.83. The van der Waals surface area contributed by atoms with Crippen LogP contribution in [0.2, 0.25) is 0 Å². The summed E-state index contributed by atoms with van der Waals surface area (Å²) in [5.41, 5.74) is 8.43. The number of nitrogens with one attached hydrogen (secondary N) is 2. The highest BCUT2D eigenvalue weighted by molar-refractivity contribution is 5.71. The summed E-state index contributed by atoms with van der Waals surface area (Å²) in [5.74, 6) is 0.432. The number of alkyl halides is 3. The molecule has 1 aromatic carbocycles. The van der Waals surface area contributed by atoms with Crippen LogP contribution in [0.25, 0.3) is 17.1 Å². The lowest BCUT2D eigenvalue weighted by Gasteiger charge is -2.12. The van der Waals surface area contributed by atoms with Crippen molar-refractivity contribution < 1.29 is 13.2 Å². The first-order chi connectivity index (χ1) is 14.9. The Morgan fingerprint density at radius 3 is 2.77 bits per heavy atom. The van der Waals surface area contributed by atoms with Crippen LogP contribution in [0.3, 0.4) is 0 Å². The number of pyridine rings is 1. The second-order valence-electron chi connectivity index (χ2n) is 7.85. The monoisotopic (exact) mass is 426 g/mol. The van der Waals surface area contributed by atoms with Crippen LogP contribution >= 0.6 is 0 Å². The van der Waals surface area contributed by atoms with E-state index in [0.29, 0.717) is 22.9 Å². The van der Waals surface area contributed by atoms with E-state index < -0.39 is 11.9 Å². The lowest BCUT2D eigenvalue weighted by molar-refractivity contribution is -0.0996. The molecule has 0 saturated carbocycles. The van der Waals surface area contributed by atoms with Gasteiger partial charge < -0.3 is 4.57 Å². The topological polar surface area (TPSA) is 58.0 Å². The summed E-state index contributed by atoms with van der Waals surface area (Å²) in [4.78, 5) is 8.78. The maximum absolute atomic E-state index is 13.4. The van der Waals surface area contributed by atoms with Gasteiger partial charge in [0.15, 0.2) is 5.70 Å². The summed E-state index contributed by atoms with van der Waals surface area (Å²) >= 11 is 0. The lowest BCUT2D eigenvalue weighted by Crippen LogP contribution is -2.37. The van der Waals surface area contributed by atoms with Crippen molar-refractivity contribution >= 4 is 5.70 Å². The maximum atomic E-state index is 13.4. The van der Waals surface area contributed by atoms with Gasteiger partial charge in [-0.1, -0.05) is 24.3 Å². The van der Waals surface area contributed by atoms with Gasteiger partial charge in [-0.15, -0.1) is 5.12 Å². The van der Waals surface area contributed by atoms with Gasteiger partial charge in [0, 0.05) is 37.5 Å². The predicted octanol–water partition coefficient (Wildman–Crippen LogP) is 3.86. The molecule has 0 saturated heterocycles. The Hall–Kier alpha value is -3.33. The molecule has 2 aliphatic rings. The normalized spacial score (nSPS) is 18.8. The highest BCUT2D eigenvalue weighted by Gasteiger charge is 2.41. The average molecular weight is 426 g/mol. The van der Waals surface area contributed by atoms with Crippen molar-refractivity contribution in [2.75, 3.05) is 7.05 Å². The Morgan fingerprint density at radius 2 is 1.94 bits per heavy atom. The fourth-order valence-electron chi connectivity index (χ4n) is 4.30. The molecule has 0 bridgehead atoms. The largest absolute Gasteiger partial charge is 0.434 e. The maximum Gasteiger partial charge on any atom is 0.434 e. The van der Waals surface area contributed by atoms with E-state index in [1.54, 1.807) is 18.5 Å². The van der Waals surface area contributed by atoms with Crippen molar-refractivity contribution in [2.24, 2.45) is 0 Å². The molecule has 0 unspecified atom stereocenters. The number of fused-ring (bicyclic) bond motifs is 1. The molecule has 2 aromatic heterocycles. The van der Waals surface area contributed by atoms with Crippen molar-refractivity contribution in [3.63, 3.8) is 0 Å². The Morgan fingerprint density at radius 1 is 1.10 bits per heavy atom. The molecule has 2 N–H and O–H groups in total. The van der Waals surface area contributed by atoms with Crippen LogP contribution in [-0.4, -0.2) is 32.9 Å². The van der Waals surface area contributed by atoms with Crippen LogP contribution in [0.15, 0.2) is 60.8 Å². The van der Waals surface area contributed by atoms with Gasteiger partial charge in [0.2, 0.25) is 0 Å². The van der Waals surface area contributed by atoms with Gasteiger partial charge in [-0.2, -0.15) is 13.2 Å². The second kappa shape index (κ2) is 7.42. The van der Waals surface area contributed by atoms with E-state index in [9.17, 15) is 13.2 Å². The molecule has 3 aromatic rings. The number of imidazole rings is 1. The first-order valence-corrected chi connectivity index (χ1v) is 10.0. The third kappa shape index (κ3) is 3.76. The third-order valence-corrected chi connectivity index (χ3v) is 5.73. The van der Waals surface area contributed by atoms with Crippen LogP contribution in [0.5, 0.6) is 0 Å². The lowest BCUT2D eigenvalue weighted by atomic mass is 10.0. The van der Waals surface area contributed by atoms with Crippen LogP contribution in [0.4, 0.5) is 13.2 Å². The minimum absolute atomic E-state index is 0.0411. The van der Waals surface area contributed by atoms with E-state index >= 15 is 0 Å². The van der Waals surface area contributed by atoms with Crippen molar-refractivity contribution in [3.05, 3.63) is 77.5 Å². The van der Waals surface area contributed by atoms with E-state index in [0.717, 1.165) is 19.4 Å². The number of benzene rings is 1. The SMILES string of the molecule is CN1NC(c2ccnc(-c3cn(C[C@@H]4CCc5ccccc54)cn3)c2)=C(C(F)(F)F)N1. The molecule has 0 spiro atoms. The Kier molecular flexibility index (Phi) is 4.70. The quantitative estimate of drug-likeness (QED) is 0.664. The zero-order valence-corrected chi connectivity index (χ0v) is 16.8. The summed E-state index contributed by atoms with van der Waals surface area (Å²) in [6.45, 7) is 0.809. The smallest absolute Gasteiger partial charge is 0.336 e. The molecular formula is C22H21F3N6. The van der Waals surface area contributed by atoms with Gasteiger partial charge in [0.25, 0.3) is 0 Å². The molecule has 1 atom stereocenters. The molecule has 5 rings (SSSR count). The number of allylic oxidation sites excluding steroid dienone is 1. The molecule has 6 nitrogen and oxygen atoms in total. The standard InChI is InChI=1S/C22H21F3N6/c1-30-28-20(21(29-30)22(23,24)25)15-8-9-26-18(10-15)19-12-31(13-27-19)11-16-7-6-14-4-2-3-5-17(14)16/h2-5,8-10,12-13,16,28-29H,6-7,11H2,1H3/t16-/m0/s1. The molecular weight excluding hydrogens is 405 g/mol. The fraction of sp³-hybridized carbons (Fsp3) is 0.273. The first kappa shape index (κ1) is 19.6. The van der Waals surface area contributed by atoms with Crippen LogP contribution in [0.1, 0.15) is 29.0 Å². The van der Waals surface area contributed by atoms with Crippen molar-refractivity contribution in [3.8, 4) is 11.4 Å². The van der Waals surface area contributed by atoms with Gasteiger partial charge in [0.05, 0.1) is 17.7 Å². The zero-order valence-electron chi connectivity index (χ0n) is 16.8. The molecule has 0 radical (unpaired) electrons. The van der Waals surface area contributed by atoms with E-state index in [-0.39, 0.29) is 5.70 Å². The van der Waals surface area contributed by atoms with E-state index in [2.05, 4.69) is 45.1 Å². The van der Waals surface area contributed by atoms with Crippen LogP contribution in [0, 0.1) is 0 Å². The summed E-state index contributed by atoms with van der Waals surface area (Å²) in [6, 6.07) is 11.7. The van der Waals surface area contributed by atoms with Gasteiger partial charge >= 0.3 is 6.18 Å². The van der Waals surface area contributed by atoms with Gasteiger partial charge in [-0.3, -0.25) is 15.8 Å². The number of rotatable bonds is 4. The molecule has 3 heterocycles. The van der Waals surface area contributed by atoms with Crippen molar-refractivity contribution in [2.45, 2.75) is 31.5 Å². The Labute approximate surface area is 177 Å². The van der Waals surface area contributed by atoms with E-state index in [1.807, 2.05) is 10.8 Å². The van der Waals surface area contributed by atoms with Crippen molar-refractivity contribution in [1.29, 1.82) is 0 Å². The number of hydrogen-bond donors (Lipinski definition) is 2.